The molecule has 0 fully saturated rings. The summed E-state index contributed by atoms with van der Waals surface area (Å²) in [5.74, 6) is 2.47. The smallest absolute Gasteiger partial charge is 0.137 e. The monoisotopic (exact) mass is 842 g/mol. The topological polar surface area (TPSA) is 33.5 Å². The fourth-order valence-corrected chi connectivity index (χ4v) is 8.87. The molecule has 0 saturated heterocycles. The lowest BCUT2D eigenvalue weighted by atomic mass is 9.78. The maximum Gasteiger partial charge on any atom is 0.137 e. The van der Waals surface area contributed by atoms with Gasteiger partial charge in [0.1, 0.15) is 17.3 Å². The van der Waals surface area contributed by atoms with E-state index in [1.54, 1.807) is 0 Å². The summed E-state index contributed by atoms with van der Waals surface area (Å²) in [5.41, 5.74) is 12.9. The number of nitrogens with zero attached hydrogens (tertiary/aromatic N) is 4. The van der Waals surface area contributed by atoms with Crippen LogP contribution in [-0.4, -0.2) is 16.2 Å². The zero-order chi connectivity index (χ0) is 45.2. The summed E-state index contributed by atoms with van der Waals surface area (Å²) < 4.78 is 9.26. The first-order valence-electron chi connectivity index (χ1n) is 22.7. The molecule has 0 bridgehead atoms. The summed E-state index contributed by atoms with van der Waals surface area (Å²) in [6.45, 7) is 25.7. The quantitative estimate of drug-likeness (QED) is 0.153. The molecule has 3 heterocycles. The standard InChI is InChI=1S/C59H62N4O/c1-56(2,3)43-26-27-60-55(36-43)63-53-25-22-44(59(10,11)42-20-16-13-17-21-42)35-52(53)51-24-23-49(38-54(51)63)64-50-34-46(58(7,8)9)33-48(37-50)62-29-28-61(39-62)47-31-41(40-18-14-12-15-19-40)30-45(32-47)57(4,5)6/h12-38H,39H2,1-11H3. The normalized spacial score (nSPS) is 13.7. The van der Waals surface area contributed by atoms with Crippen molar-refractivity contribution < 1.29 is 4.74 Å². The SMILES string of the molecule is CC(C)(C)c1cc(Oc2ccc3c4cc(C(C)(C)c5ccccc5)ccc4n(-c4cc(C(C)(C)C)ccn4)c3c2)cc(N2C=CN(c3cc(-c4ccccc4)cc(C(C)(C)C)c3)C2)c1. The van der Waals surface area contributed by atoms with Crippen molar-refractivity contribution in [3.63, 3.8) is 0 Å². The molecular formula is C59H62N4O. The Morgan fingerprint density at radius 1 is 0.438 bits per heavy atom. The van der Waals surface area contributed by atoms with Gasteiger partial charge < -0.3 is 14.5 Å². The average molecular weight is 843 g/mol. The predicted octanol–water partition coefficient (Wildman–Crippen LogP) is 15.6. The Balaban J connectivity index is 1.10. The van der Waals surface area contributed by atoms with Crippen molar-refractivity contribution in [3.05, 3.63) is 192 Å². The Morgan fingerprint density at radius 3 is 1.72 bits per heavy atom. The molecule has 0 amide bonds. The summed E-state index contributed by atoms with van der Waals surface area (Å²) >= 11 is 0. The molecule has 0 radical (unpaired) electrons. The van der Waals surface area contributed by atoms with Gasteiger partial charge in [0.25, 0.3) is 0 Å². The van der Waals surface area contributed by atoms with Crippen molar-refractivity contribution in [3.8, 4) is 28.4 Å². The molecule has 6 aromatic carbocycles. The highest BCUT2D eigenvalue weighted by molar-refractivity contribution is 6.10. The molecule has 64 heavy (non-hydrogen) atoms. The number of hydrogen-bond donors (Lipinski definition) is 0. The molecule has 5 nitrogen and oxygen atoms in total. The predicted molar refractivity (Wildman–Crippen MR) is 271 cm³/mol. The van der Waals surface area contributed by atoms with E-state index in [0.717, 1.165) is 39.4 Å². The zero-order valence-electron chi connectivity index (χ0n) is 39.5. The Bertz CT molecular complexity index is 3030. The minimum absolute atomic E-state index is 0.00250. The lowest BCUT2D eigenvalue weighted by molar-refractivity contribution is 0.479. The number of rotatable bonds is 8. The van der Waals surface area contributed by atoms with Crippen LogP contribution in [0.2, 0.25) is 0 Å². The minimum Gasteiger partial charge on any atom is -0.457 e. The van der Waals surface area contributed by atoms with Gasteiger partial charge in [-0.05, 0) is 116 Å². The van der Waals surface area contributed by atoms with Gasteiger partial charge >= 0.3 is 0 Å². The van der Waals surface area contributed by atoms with Crippen LogP contribution < -0.4 is 14.5 Å². The number of anilines is 2. The lowest BCUT2D eigenvalue weighted by Gasteiger charge is -2.27. The molecule has 1 aliphatic heterocycles. The number of pyridine rings is 1. The lowest BCUT2D eigenvalue weighted by Crippen LogP contribution is -2.25. The molecule has 2 aromatic heterocycles. The number of fused-ring (bicyclic) bond motifs is 3. The van der Waals surface area contributed by atoms with Crippen molar-refractivity contribution in [2.24, 2.45) is 0 Å². The summed E-state index contributed by atoms with van der Waals surface area (Å²) in [6, 6.07) is 53.0. The Labute approximate surface area is 380 Å². The summed E-state index contributed by atoms with van der Waals surface area (Å²) in [6.07, 6.45) is 6.33. The van der Waals surface area contributed by atoms with E-state index < -0.39 is 0 Å². The van der Waals surface area contributed by atoms with E-state index in [2.05, 4.69) is 249 Å². The van der Waals surface area contributed by atoms with Crippen LogP contribution in [0.4, 0.5) is 11.4 Å². The first-order valence-corrected chi connectivity index (χ1v) is 22.7. The van der Waals surface area contributed by atoms with E-state index >= 15 is 0 Å². The van der Waals surface area contributed by atoms with Crippen LogP contribution in [-0.2, 0) is 21.7 Å². The second-order valence-electron chi connectivity index (χ2n) is 21.2. The first kappa shape index (κ1) is 42.7. The summed E-state index contributed by atoms with van der Waals surface area (Å²) in [5, 5.41) is 2.35. The van der Waals surface area contributed by atoms with Crippen molar-refractivity contribution in [2.45, 2.75) is 97.8 Å². The molecule has 0 unspecified atom stereocenters. The van der Waals surface area contributed by atoms with Crippen LogP contribution in [0.25, 0.3) is 38.8 Å². The van der Waals surface area contributed by atoms with E-state index in [1.165, 1.54) is 50.0 Å². The van der Waals surface area contributed by atoms with Crippen molar-refractivity contribution in [2.75, 3.05) is 16.5 Å². The molecule has 0 N–H and O–H groups in total. The van der Waals surface area contributed by atoms with Gasteiger partial charge in [-0.3, -0.25) is 4.57 Å². The number of hydrogen-bond acceptors (Lipinski definition) is 4. The van der Waals surface area contributed by atoms with E-state index in [1.807, 2.05) is 6.20 Å². The first-order chi connectivity index (χ1) is 30.3. The molecular weight excluding hydrogens is 781 g/mol. The van der Waals surface area contributed by atoms with Gasteiger partial charge in [0.05, 0.1) is 17.7 Å². The molecule has 0 atom stereocenters. The van der Waals surface area contributed by atoms with Crippen LogP contribution in [0.1, 0.15) is 104 Å². The molecule has 9 rings (SSSR count). The van der Waals surface area contributed by atoms with Gasteiger partial charge in [-0.1, -0.05) is 149 Å². The van der Waals surface area contributed by atoms with Gasteiger partial charge in [0.2, 0.25) is 0 Å². The van der Waals surface area contributed by atoms with E-state index in [-0.39, 0.29) is 21.7 Å². The fraction of sp³-hybridized carbons (Fsp3) is 0.271. The fourth-order valence-electron chi connectivity index (χ4n) is 8.87. The highest BCUT2D eigenvalue weighted by atomic mass is 16.5. The Hall–Kier alpha value is -6.59. The van der Waals surface area contributed by atoms with Gasteiger partial charge in [-0.2, -0.15) is 0 Å². The van der Waals surface area contributed by atoms with Gasteiger partial charge in [0.15, 0.2) is 0 Å². The Morgan fingerprint density at radius 2 is 1.06 bits per heavy atom. The van der Waals surface area contributed by atoms with Crippen molar-refractivity contribution >= 4 is 33.2 Å². The Kier molecular flexibility index (Phi) is 10.6. The second kappa shape index (κ2) is 15.9. The van der Waals surface area contributed by atoms with Gasteiger partial charge in [-0.25, -0.2) is 4.98 Å². The molecule has 8 aromatic rings. The van der Waals surface area contributed by atoms with Crippen LogP contribution in [0.3, 0.4) is 0 Å². The molecule has 5 heteroatoms. The van der Waals surface area contributed by atoms with Crippen LogP contribution in [0, 0.1) is 0 Å². The average Bonchev–Trinajstić information content (AvgIpc) is 3.89. The molecule has 0 saturated carbocycles. The summed E-state index contributed by atoms with van der Waals surface area (Å²) in [4.78, 5) is 9.65. The van der Waals surface area contributed by atoms with E-state index in [4.69, 9.17) is 9.72 Å². The van der Waals surface area contributed by atoms with Crippen molar-refractivity contribution in [1.29, 1.82) is 0 Å². The van der Waals surface area contributed by atoms with Crippen LogP contribution >= 0.6 is 0 Å². The van der Waals surface area contributed by atoms with E-state index in [9.17, 15) is 0 Å². The van der Waals surface area contributed by atoms with Crippen LogP contribution in [0.15, 0.2) is 164 Å². The highest BCUT2D eigenvalue weighted by Crippen LogP contribution is 2.42. The maximum absolute atomic E-state index is 6.95. The van der Waals surface area contributed by atoms with E-state index in [0.29, 0.717) is 6.67 Å². The largest absolute Gasteiger partial charge is 0.457 e. The molecule has 0 spiro atoms. The molecule has 0 aliphatic carbocycles. The van der Waals surface area contributed by atoms with Crippen LogP contribution in [0.5, 0.6) is 11.5 Å². The van der Waals surface area contributed by atoms with Crippen molar-refractivity contribution in [1.82, 2.24) is 9.55 Å². The van der Waals surface area contributed by atoms with Gasteiger partial charge in [0, 0.05) is 58.3 Å². The third-order valence-corrected chi connectivity index (χ3v) is 13.1. The summed E-state index contributed by atoms with van der Waals surface area (Å²) in [7, 11) is 0. The van der Waals surface area contributed by atoms with Gasteiger partial charge in [-0.15, -0.1) is 0 Å². The third kappa shape index (κ3) is 8.32. The third-order valence-electron chi connectivity index (χ3n) is 13.1. The highest BCUT2D eigenvalue weighted by Gasteiger charge is 2.27. The second-order valence-corrected chi connectivity index (χ2v) is 21.2. The minimum atomic E-state index is -0.184. The number of aromatic nitrogens is 2. The number of ether oxygens (including phenoxy) is 1. The number of benzene rings is 6. The zero-order valence-corrected chi connectivity index (χ0v) is 39.5. The molecule has 324 valence electrons. The molecule has 1 aliphatic rings. The maximum atomic E-state index is 6.95.